The monoisotopic (exact) mass is 476 g/mol. The Balaban J connectivity index is 1.52. The molecule has 6 nitrogen and oxygen atoms in total. The van der Waals surface area contributed by atoms with Crippen molar-refractivity contribution in [1.82, 2.24) is 0 Å². The molecule has 192 valence electrons. The molecule has 0 bridgehead atoms. The Labute approximate surface area is 204 Å². The van der Waals surface area contributed by atoms with Gasteiger partial charge in [0.05, 0.1) is 32.0 Å². The fourth-order valence-electron chi connectivity index (χ4n) is 7.85. The molecule has 0 heterocycles. The van der Waals surface area contributed by atoms with Crippen LogP contribution in [0.4, 0.5) is 0 Å². The summed E-state index contributed by atoms with van der Waals surface area (Å²) in [4.78, 5) is 0. The van der Waals surface area contributed by atoms with Gasteiger partial charge in [-0.05, 0) is 85.8 Å². The zero-order valence-corrected chi connectivity index (χ0v) is 21.4. The average Bonchev–Trinajstić information content (AvgIpc) is 2.84. The van der Waals surface area contributed by atoms with Crippen LogP contribution in [-0.4, -0.2) is 56.1 Å². The Bertz CT molecular complexity index is 784. The number of fused-ring (bicyclic) bond motifs is 3. The van der Waals surface area contributed by atoms with E-state index in [0.717, 1.165) is 44.3 Å². The zero-order valence-electron chi connectivity index (χ0n) is 21.4. The van der Waals surface area contributed by atoms with E-state index in [9.17, 15) is 10.2 Å². The summed E-state index contributed by atoms with van der Waals surface area (Å²) in [5.41, 5.74) is 0.828. The van der Waals surface area contributed by atoms with Crippen LogP contribution in [0.15, 0.2) is 24.3 Å². The van der Waals surface area contributed by atoms with E-state index in [2.05, 4.69) is 26.0 Å². The van der Waals surface area contributed by atoms with Crippen molar-refractivity contribution in [2.24, 2.45) is 28.6 Å². The lowest BCUT2D eigenvalue weighted by molar-refractivity contribution is -0.243. The first-order valence-corrected chi connectivity index (χ1v) is 13.0. The van der Waals surface area contributed by atoms with Gasteiger partial charge in [-0.3, -0.25) is 0 Å². The minimum Gasteiger partial charge on any atom is -0.497 e. The fourth-order valence-corrected chi connectivity index (χ4v) is 7.85. The van der Waals surface area contributed by atoms with E-state index in [0.29, 0.717) is 24.9 Å². The van der Waals surface area contributed by atoms with Gasteiger partial charge < -0.3 is 29.2 Å². The first-order valence-electron chi connectivity index (χ1n) is 13.0. The molecule has 1 aromatic carbocycles. The summed E-state index contributed by atoms with van der Waals surface area (Å²) >= 11 is 0. The highest BCUT2D eigenvalue weighted by Crippen LogP contribution is 2.65. The van der Waals surface area contributed by atoms with Gasteiger partial charge in [-0.1, -0.05) is 26.0 Å². The highest BCUT2D eigenvalue weighted by atomic mass is 16.7. The van der Waals surface area contributed by atoms with Gasteiger partial charge in [0.1, 0.15) is 12.5 Å². The Hall–Kier alpha value is -1.18. The Morgan fingerprint density at radius 2 is 1.76 bits per heavy atom. The van der Waals surface area contributed by atoms with E-state index < -0.39 is 6.10 Å². The summed E-state index contributed by atoms with van der Waals surface area (Å²) in [5.74, 6) is 2.16. The van der Waals surface area contributed by atoms with Crippen molar-refractivity contribution in [3.63, 3.8) is 0 Å². The molecule has 0 aromatic heterocycles. The number of aliphatic hydroxyl groups is 2. The summed E-state index contributed by atoms with van der Waals surface area (Å²) in [7, 11) is 3.35. The third kappa shape index (κ3) is 4.90. The van der Waals surface area contributed by atoms with Crippen LogP contribution in [0, 0.1) is 28.6 Å². The molecular weight excluding hydrogens is 432 g/mol. The molecule has 34 heavy (non-hydrogen) atoms. The van der Waals surface area contributed by atoms with E-state index in [1.54, 1.807) is 14.2 Å². The number of hydrogen-bond acceptors (Lipinski definition) is 6. The molecule has 2 N–H and O–H groups in total. The molecule has 3 fully saturated rings. The van der Waals surface area contributed by atoms with Crippen molar-refractivity contribution < 1.29 is 29.2 Å². The van der Waals surface area contributed by atoms with Crippen molar-refractivity contribution in [2.75, 3.05) is 27.6 Å². The molecule has 3 saturated carbocycles. The number of hydrogen-bond donors (Lipinski definition) is 2. The molecule has 8 atom stereocenters. The SMILES string of the molecule is COCO[C@@H]1C[C@@H]2CC[C@@H](OCc3ccc(OC)cc3)C[C@H]2[C@]2(C)CC[C@@H](O)[C@@](C)(CCO)[C@@H]12. The van der Waals surface area contributed by atoms with Crippen LogP contribution in [0.2, 0.25) is 0 Å². The minimum absolute atomic E-state index is 0.0343. The second kappa shape index (κ2) is 10.8. The first-order chi connectivity index (χ1) is 16.4. The summed E-state index contributed by atoms with van der Waals surface area (Å²) in [5, 5.41) is 21.0. The fraction of sp³-hybridized carbons (Fsp3) is 0.786. The van der Waals surface area contributed by atoms with Crippen LogP contribution >= 0.6 is 0 Å². The normalized spacial score (nSPS) is 39.8. The molecule has 3 aliphatic rings. The lowest BCUT2D eigenvalue weighted by Gasteiger charge is -2.65. The van der Waals surface area contributed by atoms with E-state index in [1.807, 2.05) is 12.1 Å². The quantitative estimate of drug-likeness (QED) is 0.509. The van der Waals surface area contributed by atoms with Gasteiger partial charge in [-0.25, -0.2) is 0 Å². The number of methoxy groups -OCH3 is 2. The average molecular weight is 477 g/mol. The number of ether oxygens (including phenoxy) is 4. The molecule has 6 heteroatoms. The molecule has 4 rings (SSSR count). The Morgan fingerprint density at radius 1 is 1.00 bits per heavy atom. The van der Waals surface area contributed by atoms with Crippen LogP contribution in [-0.2, 0) is 20.8 Å². The Kier molecular flexibility index (Phi) is 8.25. The third-order valence-electron chi connectivity index (χ3n) is 9.53. The van der Waals surface area contributed by atoms with Gasteiger partial charge in [-0.2, -0.15) is 0 Å². The second-order valence-electron chi connectivity index (χ2n) is 11.3. The molecule has 0 amide bonds. The van der Waals surface area contributed by atoms with Gasteiger partial charge in [0.15, 0.2) is 0 Å². The van der Waals surface area contributed by atoms with E-state index in [1.165, 1.54) is 5.56 Å². The molecule has 0 unspecified atom stereocenters. The Morgan fingerprint density at radius 3 is 2.44 bits per heavy atom. The summed E-state index contributed by atoms with van der Waals surface area (Å²) in [6, 6.07) is 8.11. The van der Waals surface area contributed by atoms with Crippen LogP contribution < -0.4 is 4.74 Å². The van der Waals surface area contributed by atoms with Gasteiger partial charge >= 0.3 is 0 Å². The van der Waals surface area contributed by atoms with Gasteiger partial charge in [0.2, 0.25) is 0 Å². The van der Waals surface area contributed by atoms with E-state index in [-0.39, 0.29) is 42.4 Å². The third-order valence-corrected chi connectivity index (χ3v) is 9.53. The molecule has 0 aliphatic heterocycles. The topological polar surface area (TPSA) is 77.4 Å². The lowest BCUT2D eigenvalue weighted by atomic mass is 9.42. The zero-order chi connectivity index (χ0) is 24.3. The second-order valence-corrected chi connectivity index (χ2v) is 11.3. The maximum absolute atomic E-state index is 11.1. The van der Waals surface area contributed by atoms with Gasteiger partial charge in [-0.15, -0.1) is 0 Å². The highest BCUT2D eigenvalue weighted by Gasteiger charge is 2.63. The van der Waals surface area contributed by atoms with Crippen LogP contribution in [0.5, 0.6) is 5.75 Å². The largest absolute Gasteiger partial charge is 0.497 e. The minimum atomic E-state index is -0.423. The van der Waals surface area contributed by atoms with Crippen molar-refractivity contribution in [1.29, 1.82) is 0 Å². The van der Waals surface area contributed by atoms with Crippen molar-refractivity contribution in [2.45, 2.75) is 83.7 Å². The number of aliphatic hydroxyl groups excluding tert-OH is 2. The molecule has 0 radical (unpaired) electrons. The summed E-state index contributed by atoms with van der Waals surface area (Å²) in [6.45, 7) is 5.56. The maximum atomic E-state index is 11.1. The first kappa shape index (κ1) is 25.9. The molecule has 0 saturated heterocycles. The molecule has 3 aliphatic carbocycles. The van der Waals surface area contributed by atoms with Crippen molar-refractivity contribution >= 4 is 0 Å². The van der Waals surface area contributed by atoms with Crippen LogP contribution in [0.1, 0.15) is 64.4 Å². The lowest BCUT2D eigenvalue weighted by Crippen LogP contribution is -2.63. The van der Waals surface area contributed by atoms with Gasteiger partial charge in [0, 0.05) is 19.1 Å². The number of benzene rings is 1. The predicted molar refractivity (Wildman–Crippen MR) is 130 cm³/mol. The summed E-state index contributed by atoms with van der Waals surface area (Å²) < 4.78 is 23.3. The highest BCUT2D eigenvalue weighted by molar-refractivity contribution is 5.26. The standard InChI is InChI=1S/C28H44O6/c1-27-12-11-25(30)28(2,13-14-29)26(27)24(34-18-31-3)15-20-7-10-22(16-23(20)27)33-17-19-5-8-21(32-4)9-6-19/h5-6,8-9,20,22-26,29-30H,7,10-18H2,1-4H3/t20-,22+,23+,24+,25+,26-,27-,28+/m0/s1. The molecule has 0 spiro atoms. The van der Waals surface area contributed by atoms with E-state index in [4.69, 9.17) is 18.9 Å². The molecular formula is C28H44O6. The predicted octanol–water partition coefficient (Wildman–Crippen LogP) is 4.56. The van der Waals surface area contributed by atoms with Crippen LogP contribution in [0.25, 0.3) is 0 Å². The summed E-state index contributed by atoms with van der Waals surface area (Å²) in [6.07, 6.45) is 6.48. The maximum Gasteiger partial charge on any atom is 0.146 e. The molecule has 1 aromatic rings. The van der Waals surface area contributed by atoms with Crippen molar-refractivity contribution in [3.8, 4) is 5.75 Å². The van der Waals surface area contributed by atoms with Crippen LogP contribution in [0.3, 0.4) is 0 Å². The van der Waals surface area contributed by atoms with E-state index >= 15 is 0 Å². The van der Waals surface area contributed by atoms with Crippen molar-refractivity contribution in [3.05, 3.63) is 29.8 Å². The smallest absolute Gasteiger partial charge is 0.146 e. The number of rotatable bonds is 9. The van der Waals surface area contributed by atoms with Gasteiger partial charge in [0.25, 0.3) is 0 Å².